The van der Waals surface area contributed by atoms with E-state index < -0.39 is 0 Å². The van der Waals surface area contributed by atoms with Gasteiger partial charge in [0.2, 0.25) is 0 Å². The molecule has 0 aliphatic carbocycles. The van der Waals surface area contributed by atoms with Crippen molar-refractivity contribution in [2.45, 2.75) is 25.4 Å². The van der Waals surface area contributed by atoms with Crippen LogP contribution in [0.2, 0.25) is 0 Å². The highest BCUT2D eigenvalue weighted by Gasteiger charge is 2.40. The molecule has 142 valence electrons. The van der Waals surface area contributed by atoms with Gasteiger partial charge in [0.1, 0.15) is 12.1 Å². The molecule has 27 heavy (non-hydrogen) atoms. The molecule has 3 atom stereocenters. The second-order valence-electron chi connectivity index (χ2n) is 6.95. The summed E-state index contributed by atoms with van der Waals surface area (Å²) in [5.74, 6) is 0.995. The molecule has 2 N–H and O–H groups in total. The Morgan fingerprint density at radius 1 is 1.33 bits per heavy atom. The zero-order valence-electron chi connectivity index (χ0n) is 15.3. The minimum Gasteiger partial charge on any atom is -0.422 e. The number of rotatable bonds is 5. The number of aromatic nitrogens is 3. The normalized spacial score (nSPS) is 23.2. The van der Waals surface area contributed by atoms with E-state index >= 15 is 0 Å². The van der Waals surface area contributed by atoms with Crippen LogP contribution < -0.4 is 5.32 Å². The van der Waals surface area contributed by atoms with Gasteiger partial charge in [-0.3, -0.25) is 4.90 Å². The third kappa shape index (κ3) is 3.26. The lowest BCUT2D eigenvalue weighted by atomic mass is 9.92. The van der Waals surface area contributed by atoms with Crippen molar-refractivity contribution in [3.05, 3.63) is 47.9 Å². The van der Waals surface area contributed by atoms with Crippen LogP contribution in [0.5, 0.6) is 0 Å². The summed E-state index contributed by atoms with van der Waals surface area (Å²) in [7, 11) is 1.93. The maximum atomic E-state index is 14.4. The molecule has 1 aromatic carbocycles. The monoisotopic (exact) mass is 371 g/mol. The largest absolute Gasteiger partial charge is 0.422 e. The first kappa shape index (κ1) is 17.8. The van der Waals surface area contributed by atoms with Gasteiger partial charge in [-0.15, -0.1) is 0 Å². The fraction of sp³-hybridized carbons (Fsp3) is 0.421. The lowest BCUT2D eigenvalue weighted by Gasteiger charge is -2.28. The molecule has 0 bridgehead atoms. The molecule has 8 heteroatoms. The number of nitrogens with zero attached hydrogens (tertiary/aromatic N) is 4. The Labute approximate surface area is 156 Å². The molecular formula is C19H22FN5O2. The van der Waals surface area contributed by atoms with Gasteiger partial charge >= 0.3 is 0 Å². The van der Waals surface area contributed by atoms with Gasteiger partial charge in [0, 0.05) is 31.1 Å². The third-order valence-electron chi connectivity index (χ3n) is 5.30. The highest BCUT2D eigenvalue weighted by molar-refractivity contribution is 5.80. The number of aliphatic hydroxyl groups is 1. The Kier molecular flexibility index (Phi) is 4.75. The summed E-state index contributed by atoms with van der Waals surface area (Å²) in [4.78, 5) is 14.7. The van der Waals surface area contributed by atoms with Crippen molar-refractivity contribution >= 4 is 17.0 Å². The number of nitrogens with one attached hydrogen (secondary N) is 1. The molecule has 2 aromatic heterocycles. The van der Waals surface area contributed by atoms with Gasteiger partial charge in [0.05, 0.1) is 6.61 Å². The molecule has 0 unspecified atom stereocenters. The van der Waals surface area contributed by atoms with E-state index in [1.165, 1.54) is 12.4 Å². The van der Waals surface area contributed by atoms with Crippen LogP contribution in [0.25, 0.3) is 11.2 Å². The lowest BCUT2D eigenvalue weighted by Crippen LogP contribution is -2.31. The molecule has 0 saturated carbocycles. The molecular weight excluding hydrogens is 349 g/mol. The second-order valence-corrected chi connectivity index (χ2v) is 6.95. The van der Waals surface area contributed by atoms with Gasteiger partial charge in [-0.25, -0.2) is 14.4 Å². The van der Waals surface area contributed by atoms with Crippen LogP contribution in [0, 0.1) is 18.7 Å². The molecule has 1 aliphatic heterocycles. The molecule has 3 aromatic rings. The number of oxazole rings is 1. The highest BCUT2D eigenvalue weighted by atomic mass is 19.1. The Bertz CT molecular complexity index is 947. The predicted octanol–water partition coefficient (Wildman–Crippen LogP) is 2.53. The number of likely N-dealkylation sites (N-methyl/N-ethyl adjacent to an activating group) is 1. The van der Waals surface area contributed by atoms with E-state index in [1.807, 2.05) is 19.2 Å². The van der Waals surface area contributed by atoms with Crippen molar-refractivity contribution in [3.8, 4) is 0 Å². The van der Waals surface area contributed by atoms with Crippen molar-refractivity contribution in [2.24, 2.45) is 5.92 Å². The van der Waals surface area contributed by atoms with Crippen molar-refractivity contribution in [3.63, 3.8) is 0 Å². The third-order valence-corrected chi connectivity index (χ3v) is 5.30. The molecule has 3 heterocycles. The maximum Gasteiger partial charge on any atom is 0.252 e. The van der Waals surface area contributed by atoms with E-state index in [1.54, 1.807) is 13.0 Å². The van der Waals surface area contributed by atoms with Crippen LogP contribution in [0.3, 0.4) is 0 Å². The van der Waals surface area contributed by atoms with Gasteiger partial charge in [-0.2, -0.15) is 4.98 Å². The fourth-order valence-corrected chi connectivity index (χ4v) is 4.01. The van der Waals surface area contributed by atoms with E-state index in [2.05, 4.69) is 25.2 Å². The molecule has 0 amide bonds. The molecule has 0 radical (unpaired) electrons. The van der Waals surface area contributed by atoms with Crippen LogP contribution in [0.1, 0.15) is 23.9 Å². The first-order valence-electron chi connectivity index (χ1n) is 8.97. The smallest absolute Gasteiger partial charge is 0.252 e. The second kappa shape index (κ2) is 7.21. The van der Waals surface area contributed by atoms with Gasteiger partial charge in [-0.1, -0.05) is 18.2 Å². The van der Waals surface area contributed by atoms with Gasteiger partial charge in [-0.05, 0) is 25.5 Å². The van der Waals surface area contributed by atoms with Crippen LogP contribution in [-0.2, 0) is 0 Å². The quantitative estimate of drug-likeness (QED) is 0.713. The van der Waals surface area contributed by atoms with Crippen molar-refractivity contribution in [1.82, 2.24) is 19.9 Å². The van der Waals surface area contributed by atoms with Crippen LogP contribution in [0.15, 0.2) is 35.0 Å². The minimum absolute atomic E-state index is 0.0129. The Morgan fingerprint density at radius 3 is 2.93 bits per heavy atom. The summed E-state index contributed by atoms with van der Waals surface area (Å²) in [6.07, 6.45) is 2.19. The topological polar surface area (TPSA) is 87.3 Å². The Hall–Kier alpha value is -2.58. The number of anilines is 1. The first-order chi connectivity index (χ1) is 13.1. The van der Waals surface area contributed by atoms with Crippen LogP contribution in [-0.4, -0.2) is 51.2 Å². The van der Waals surface area contributed by atoms with E-state index in [0.717, 1.165) is 6.42 Å². The summed E-state index contributed by atoms with van der Waals surface area (Å²) >= 11 is 0. The number of halogens is 1. The molecule has 4 rings (SSSR count). The fourth-order valence-electron chi connectivity index (χ4n) is 4.01. The summed E-state index contributed by atoms with van der Waals surface area (Å²) in [5.41, 5.74) is 1.67. The Balaban J connectivity index is 1.60. The molecule has 1 aliphatic rings. The van der Waals surface area contributed by atoms with Crippen LogP contribution in [0.4, 0.5) is 10.2 Å². The molecule has 1 fully saturated rings. The van der Waals surface area contributed by atoms with E-state index in [4.69, 9.17) is 4.42 Å². The van der Waals surface area contributed by atoms with E-state index in [9.17, 15) is 9.50 Å². The highest BCUT2D eigenvalue weighted by Crippen LogP contribution is 2.40. The zero-order chi connectivity index (χ0) is 19.0. The predicted molar refractivity (Wildman–Crippen MR) is 98.7 cm³/mol. The summed E-state index contributed by atoms with van der Waals surface area (Å²) in [6, 6.07) is 6.68. The van der Waals surface area contributed by atoms with Crippen molar-refractivity contribution < 1.29 is 13.9 Å². The molecule has 7 nitrogen and oxygen atoms in total. The SMILES string of the molecule is Cc1nc2c(NC[C@@H]3C[C@H](CO)N(C)[C@@H]3c3ccccc3F)ncnc2o1. The number of hydrogen-bond donors (Lipinski definition) is 2. The van der Waals surface area contributed by atoms with Crippen molar-refractivity contribution in [2.75, 3.05) is 25.5 Å². The number of aryl methyl sites for hydroxylation is 1. The first-order valence-corrected chi connectivity index (χ1v) is 8.97. The number of benzene rings is 1. The van der Waals surface area contributed by atoms with E-state index in [0.29, 0.717) is 35.0 Å². The number of aliphatic hydroxyl groups excluding tert-OH is 1. The summed E-state index contributed by atoms with van der Waals surface area (Å²) < 4.78 is 19.9. The molecule has 0 spiro atoms. The van der Waals surface area contributed by atoms with Crippen molar-refractivity contribution in [1.29, 1.82) is 0 Å². The maximum absolute atomic E-state index is 14.4. The standard InChI is InChI=1S/C19H22FN5O2/c1-11-24-16-18(22-10-23-19(16)27-11)21-8-12-7-13(9-26)25(2)17(12)14-5-3-4-6-15(14)20/h3-6,10,12-13,17,26H,7-9H2,1-2H3,(H,21,22,23)/t12-,13+,17-/m0/s1. The number of hydrogen-bond acceptors (Lipinski definition) is 7. The average Bonchev–Trinajstić information content (AvgIpc) is 3.19. The van der Waals surface area contributed by atoms with Gasteiger partial charge in [0.25, 0.3) is 5.71 Å². The lowest BCUT2D eigenvalue weighted by molar-refractivity contribution is 0.152. The zero-order valence-corrected chi connectivity index (χ0v) is 15.3. The van der Waals surface area contributed by atoms with Crippen LogP contribution >= 0.6 is 0 Å². The van der Waals surface area contributed by atoms with Gasteiger partial charge < -0.3 is 14.8 Å². The summed E-state index contributed by atoms with van der Waals surface area (Å²) in [5, 5.41) is 13.0. The minimum atomic E-state index is -0.227. The average molecular weight is 371 g/mol. The molecule has 1 saturated heterocycles. The number of fused-ring (bicyclic) bond motifs is 1. The van der Waals surface area contributed by atoms with E-state index in [-0.39, 0.29) is 30.4 Å². The van der Waals surface area contributed by atoms with Gasteiger partial charge in [0.15, 0.2) is 17.2 Å². The Morgan fingerprint density at radius 2 is 2.15 bits per heavy atom. The number of likely N-dealkylation sites (tertiary alicyclic amines) is 1. The summed E-state index contributed by atoms with van der Waals surface area (Å²) in [6.45, 7) is 2.37.